The van der Waals surface area contributed by atoms with E-state index < -0.39 is 36.2 Å². The summed E-state index contributed by atoms with van der Waals surface area (Å²) in [6.07, 6.45) is 37.3. The Morgan fingerprint density at radius 3 is 1.23 bits per heavy atom. The van der Waals surface area contributed by atoms with Gasteiger partial charge in [-0.1, -0.05) is 187 Å². The lowest BCUT2D eigenvalue weighted by Gasteiger charge is -2.53. The van der Waals surface area contributed by atoms with Gasteiger partial charge in [-0.25, -0.2) is 0 Å². The molecule has 0 saturated carbocycles. The van der Waals surface area contributed by atoms with Crippen molar-refractivity contribution in [3.8, 4) is 0 Å². The number of hydrogen-bond acceptors (Lipinski definition) is 5. The van der Waals surface area contributed by atoms with Crippen molar-refractivity contribution < 1.29 is 25.2 Å². The Morgan fingerprint density at radius 2 is 0.854 bits per heavy atom. The zero-order valence-corrected chi connectivity index (χ0v) is 31.9. The molecule has 1 rings (SSSR count). The zero-order chi connectivity index (χ0) is 35.2. The SMILES string of the molecule is CCCCCCCC/C=C\CCCCCCCC[C@@]1([N])O[C@H](CO)[C@@H](O)[C@H](O)[C@]1(O)CCCCCCCCCCCCCCCCCC. The first-order valence-electron chi connectivity index (χ1n) is 21.1. The van der Waals surface area contributed by atoms with Crippen LogP contribution in [0.3, 0.4) is 0 Å². The number of unbranched alkanes of at least 4 members (excludes halogenated alkanes) is 27. The number of rotatable bonds is 34. The lowest BCUT2D eigenvalue weighted by Crippen LogP contribution is -2.73. The van der Waals surface area contributed by atoms with E-state index in [0.717, 1.165) is 44.9 Å². The molecule has 1 aliphatic rings. The van der Waals surface area contributed by atoms with Crippen LogP contribution in [0.2, 0.25) is 0 Å². The molecule has 0 bridgehead atoms. The van der Waals surface area contributed by atoms with Gasteiger partial charge in [-0.15, -0.1) is 5.73 Å². The first-order chi connectivity index (χ1) is 23.4. The maximum atomic E-state index is 11.6. The highest BCUT2D eigenvalue weighted by atomic mass is 16.6. The predicted molar refractivity (Wildman–Crippen MR) is 202 cm³/mol. The summed E-state index contributed by atoms with van der Waals surface area (Å²) in [5.74, 6) is 0. The van der Waals surface area contributed by atoms with Crippen molar-refractivity contribution in [1.29, 1.82) is 0 Å². The number of allylic oxidation sites excluding steroid dienone is 2. The minimum Gasteiger partial charge on any atom is -0.394 e. The van der Waals surface area contributed by atoms with Gasteiger partial charge in [-0.05, 0) is 44.9 Å². The van der Waals surface area contributed by atoms with Crippen LogP contribution < -0.4 is 5.73 Å². The quantitative estimate of drug-likeness (QED) is 0.0399. The third kappa shape index (κ3) is 19.8. The molecule has 0 aromatic carbocycles. The molecule has 48 heavy (non-hydrogen) atoms. The van der Waals surface area contributed by atoms with Gasteiger partial charge >= 0.3 is 0 Å². The second kappa shape index (κ2) is 30.2. The predicted octanol–water partition coefficient (Wildman–Crippen LogP) is 10.7. The number of ether oxygens (including phenoxy) is 1. The number of nitrogens with zero attached hydrogens (tertiary/aromatic N) is 1. The largest absolute Gasteiger partial charge is 0.394 e. The average molecular weight is 680 g/mol. The number of aliphatic hydroxyl groups excluding tert-OH is 3. The minimum absolute atomic E-state index is 0.157. The van der Waals surface area contributed by atoms with Crippen molar-refractivity contribution in [2.24, 2.45) is 0 Å². The molecule has 2 radical (unpaired) electrons. The number of hydrogen-bond donors (Lipinski definition) is 4. The van der Waals surface area contributed by atoms with Crippen molar-refractivity contribution in [2.75, 3.05) is 6.61 Å². The summed E-state index contributed by atoms with van der Waals surface area (Å²) in [6, 6.07) is 0. The fourth-order valence-electron chi connectivity index (χ4n) is 7.46. The normalized spacial score (nSPS) is 24.6. The molecule has 0 aliphatic carbocycles. The van der Waals surface area contributed by atoms with E-state index >= 15 is 0 Å². The summed E-state index contributed by atoms with van der Waals surface area (Å²) in [5.41, 5.74) is 7.61. The molecule has 1 fully saturated rings. The molecule has 0 amide bonds. The summed E-state index contributed by atoms with van der Waals surface area (Å²) in [5, 5.41) is 42.8. The van der Waals surface area contributed by atoms with E-state index in [1.807, 2.05) is 0 Å². The third-order valence-electron chi connectivity index (χ3n) is 10.8. The fraction of sp³-hybridized carbons (Fsp3) is 0.952. The van der Waals surface area contributed by atoms with Gasteiger partial charge in [0.1, 0.15) is 23.9 Å². The highest BCUT2D eigenvalue weighted by molar-refractivity contribution is 5.09. The molecule has 0 aromatic heterocycles. The van der Waals surface area contributed by atoms with Crippen molar-refractivity contribution in [2.45, 2.75) is 249 Å². The van der Waals surface area contributed by atoms with E-state index in [0.29, 0.717) is 12.8 Å². The van der Waals surface area contributed by atoms with Crippen molar-refractivity contribution in [3.63, 3.8) is 0 Å². The third-order valence-corrected chi connectivity index (χ3v) is 10.8. The Bertz CT molecular complexity index is 735. The summed E-state index contributed by atoms with van der Waals surface area (Å²) >= 11 is 0. The van der Waals surface area contributed by atoms with Gasteiger partial charge < -0.3 is 25.2 Å². The first kappa shape index (κ1) is 45.5. The highest BCUT2D eigenvalue weighted by Crippen LogP contribution is 2.42. The Morgan fingerprint density at radius 1 is 0.521 bits per heavy atom. The van der Waals surface area contributed by atoms with Gasteiger partial charge in [0.05, 0.1) is 6.61 Å². The van der Waals surface area contributed by atoms with Gasteiger partial charge in [-0.3, -0.25) is 0 Å². The monoisotopic (exact) mass is 680 g/mol. The molecule has 1 heterocycles. The molecule has 4 N–H and O–H groups in total. The van der Waals surface area contributed by atoms with Crippen molar-refractivity contribution in [3.05, 3.63) is 12.2 Å². The van der Waals surface area contributed by atoms with Gasteiger partial charge in [0.2, 0.25) is 0 Å². The molecule has 1 saturated heterocycles. The van der Waals surface area contributed by atoms with E-state index in [2.05, 4.69) is 26.0 Å². The van der Waals surface area contributed by atoms with E-state index in [9.17, 15) is 26.2 Å². The standard InChI is InChI=1S/C42H81NO5/c1-3-5-7-9-11-13-15-17-19-21-23-25-27-29-31-33-35-41(47)40(46)39(45)38(37-44)48-42(41,43)36-34-32-30-28-26-24-22-20-18-16-14-12-10-8-6-4-2/h18,20,38-40,44-47H,3-17,19,21-37H2,1-2H3/b20-18-/t38-,39-,40+,41-,42-/m1/s1. The molecular formula is C42H81NO5. The van der Waals surface area contributed by atoms with E-state index in [-0.39, 0.29) is 12.8 Å². The first-order valence-corrected chi connectivity index (χ1v) is 21.1. The maximum absolute atomic E-state index is 11.6. The van der Waals surface area contributed by atoms with Crippen LogP contribution in [0.4, 0.5) is 0 Å². The molecule has 0 aromatic rings. The van der Waals surface area contributed by atoms with Gasteiger partial charge in [-0.2, -0.15) is 0 Å². The summed E-state index contributed by atoms with van der Waals surface area (Å²) < 4.78 is 5.76. The van der Waals surface area contributed by atoms with Crippen LogP contribution in [0.5, 0.6) is 0 Å². The maximum Gasteiger partial charge on any atom is 0.183 e. The van der Waals surface area contributed by atoms with E-state index in [4.69, 9.17) is 4.74 Å². The summed E-state index contributed by atoms with van der Waals surface area (Å²) in [4.78, 5) is 0. The van der Waals surface area contributed by atoms with Crippen LogP contribution in [0.25, 0.3) is 0 Å². The summed E-state index contributed by atoms with van der Waals surface area (Å²) in [7, 11) is 0. The molecule has 284 valence electrons. The van der Waals surface area contributed by atoms with Gasteiger partial charge in [0.15, 0.2) is 5.72 Å². The van der Waals surface area contributed by atoms with E-state index in [1.165, 1.54) is 135 Å². The van der Waals surface area contributed by atoms with Gasteiger partial charge in [0, 0.05) is 0 Å². The smallest absolute Gasteiger partial charge is 0.183 e. The van der Waals surface area contributed by atoms with Crippen molar-refractivity contribution >= 4 is 0 Å². The Labute approximate surface area is 298 Å². The van der Waals surface area contributed by atoms with Crippen LogP contribution >= 0.6 is 0 Å². The van der Waals surface area contributed by atoms with Crippen LogP contribution in [0.15, 0.2) is 12.2 Å². The molecule has 6 heteroatoms. The van der Waals surface area contributed by atoms with Gasteiger partial charge in [0.25, 0.3) is 0 Å². The number of aliphatic hydroxyl groups is 4. The lowest BCUT2D eigenvalue weighted by atomic mass is 9.73. The molecular weight excluding hydrogens is 598 g/mol. The van der Waals surface area contributed by atoms with E-state index in [1.54, 1.807) is 0 Å². The molecule has 1 aliphatic heterocycles. The molecule has 6 nitrogen and oxygen atoms in total. The van der Waals surface area contributed by atoms with Crippen LogP contribution in [-0.4, -0.2) is 56.7 Å². The highest BCUT2D eigenvalue weighted by Gasteiger charge is 2.62. The topological polar surface area (TPSA) is 112 Å². The lowest BCUT2D eigenvalue weighted by molar-refractivity contribution is -0.324. The zero-order valence-electron chi connectivity index (χ0n) is 31.9. The summed E-state index contributed by atoms with van der Waals surface area (Å²) in [6.45, 7) is 4.00. The van der Waals surface area contributed by atoms with Crippen LogP contribution in [0, 0.1) is 0 Å². The molecule has 0 unspecified atom stereocenters. The minimum atomic E-state index is -1.99. The Balaban J connectivity index is 2.24. The Hall–Kier alpha value is -0.500. The van der Waals surface area contributed by atoms with Crippen LogP contribution in [-0.2, 0) is 4.74 Å². The average Bonchev–Trinajstić information content (AvgIpc) is 3.08. The van der Waals surface area contributed by atoms with Crippen LogP contribution in [0.1, 0.15) is 219 Å². The second-order valence-corrected chi connectivity index (χ2v) is 15.2. The fourth-order valence-corrected chi connectivity index (χ4v) is 7.46. The molecule has 0 spiro atoms. The van der Waals surface area contributed by atoms with Crippen molar-refractivity contribution in [1.82, 2.24) is 5.73 Å². The Kier molecular flexibility index (Phi) is 28.6. The molecule has 5 atom stereocenters. The second-order valence-electron chi connectivity index (χ2n) is 15.2.